The van der Waals surface area contributed by atoms with Gasteiger partial charge in [0.25, 0.3) is 0 Å². The van der Waals surface area contributed by atoms with E-state index in [-0.39, 0.29) is 0 Å². The lowest BCUT2D eigenvalue weighted by molar-refractivity contribution is 1.04. The summed E-state index contributed by atoms with van der Waals surface area (Å²) in [6.07, 6.45) is 6.71. The number of pyridine rings is 1. The molecule has 2 N–H and O–H groups in total. The van der Waals surface area contributed by atoms with Gasteiger partial charge in [0.2, 0.25) is 0 Å². The first-order valence-corrected chi connectivity index (χ1v) is 4.55. The molecule has 13 heavy (non-hydrogen) atoms. The van der Waals surface area contributed by atoms with Gasteiger partial charge in [-0.25, -0.2) is 0 Å². The van der Waals surface area contributed by atoms with Gasteiger partial charge in [-0.2, -0.15) is 0 Å². The van der Waals surface area contributed by atoms with Gasteiger partial charge in [-0.15, -0.1) is 0 Å². The van der Waals surface area contributed by atoms with Crippen molar-refractivity contribution in [2.75, 3.05) is 0 Å². The van der Waals surface area contributed by atoms with Crippen LogP contribution in [0.25, 0.3) is 0 Å². The van der Waals surface area contributed by atoms with Crippen molar-refractivity contribution in [3.05, 3.63) is 30.1 Å². The highest BCUT2D eigenvalue weighted by Crippen LogP contribution is 2.23. The first-order chi connectivity index (χ1) is 6.34. The monoisotopic (exact) mass is 175 g/mol. The Balaban J connectivity index is 1.97. The number of nitrogens with two attached hydrogens (primary N) is 1. The van der Waals surface area contributed by atoms with Gasteiger partial charge in [-0.05, 0) is 30.5 Å². The highest BCUT2D eigenvalue weighted by atomic mass is 14.9. The van der Waals surface area contributed by atoms with Gasteiger partial charge in [0.05, 0.1) is 11.9 Å². The van der Waals surface area contributed by atoms with Crippen molar-refractivity contribution in [2.24, 2.45) is 10.7 Å². The molecule has 0 bridgehead atoms. The zero-order chi connectivity index (χ0) is 9.10. The summed E-state index contributed by atoms with van der Waals surface area (Å²) in [7, 11) is 0. The molecule has 1 aliphatic rings. The zero-order valence-electron chi connectivity index (χ0n) is 7.48. The molecule has 3 nitrogen and oxygen atoms in total. The molecule has 1 fully saturated rings. The van der Waals surface area contributed by atoms with Gasteiger partial charge in [0.1, 0.15) is 0 Å². The molecule has 1 aromatic heterocycles. The lowest BCUT2D eigenvalue weighted by atomic mass is 10.2. The Labute approximate surface area is 77.7 Å². The van der Waals surface area contributed by atoms with Crippen LogP contribution in [0.2, 0.25) is 0 Å². The summed E-state index contributed by atoms with van der Waals surface area (Å²) in [6, 6.07) is 4.45. The number of nitrogens with zero attached hydrogens (tertiary/aromatic N) is 2. The second kappa shape index (κ2) is 3.56. The second-order valence-electron chi connectivity index (χ2n) is 3.38. The Morgan fingerprint density at radius 2 is 2.15 bits per heavy atom. The lowest BCUT2D eigenvalue weighted by Crippen LogP contribution is -2.15. The Bertz CT molecular complexity index is 301. The minimum Gasteiger partial charge on any atom is -0.387 e. The fourth-order valence-corrected chi connectivity index (χ4v) is 1.19. The number of aliphatic imine (C=N–C) groups is 1. The fraction of sp³-hybridized carbons (Fsp3) is 0.400. The maximum atomic E-state index is 5.78. The average molecular weight is 175 g/mol. The number of rotatable bonds is 3. The first-order valence-electron chi connectivity index (χ1n) is 4.55. The first kappa shape index (κ1) is 8.23. The summed E-state index contributed by atoms with van der Waals surface area (Å²) in [6.45, 7) is 0. The standard InChI is InChI=1S/C10H13N3/c11-10(13-9-1-2-9)7-8-3-5-12-6-4-8/h3-6,9H,1-2,7H2,(H2,11,13). The maximum Gasteiger partial charge on any atom is 0.0984 e. The summed E-state index contributed by atoms with van der Waals surface area (Å²) in [5, 5.41) is 0. The van der Waals surface area contributed by atoms with Crippen molar-refractivity contribution < 1.29 is 0 Å². The van der Waals surface area contributed by atoms with E-state index in [1.165, 1.54) is 18.4 Å². The molecule has 68 valence electrons. The minimum absolute atomic E-state index is 0.516. The molecular weight excluding hydrogens is 162 g/mol. The summed E-state index contributed by atoms with van der Waals surface area (Å²) in [4.78, 5) is 8.30. The third-order valence-corrected chi connectivity index (χ3v) is 2.03. The largest absolute Gasteiger partial charge is 0.387 e. The summed E-state index contributed by atoms with van der Waals surface area (Å²) in [5.74, 6) is 0.744. The van der Waals surface area contributed by atoms with E-state index in [1.807, 2.05) is 12.1 Å². The topological polar surface area (TPSA) is 51.3 Å². The summed E-state index contributed by atoms with van der Waals surface area (Å²) >= 11 is 0. The van der Waals surface area contributed by atoms with E-state index in [1.54, 1.807) is 12.4 Å². The van der Waals surface area contributed by atoms with Gasteiger partial charge in [0.15, 0.2) is 0 Å². The molecule has 3 heteroatoms. The van der Waals surface area contributed by atoms with Gasteiger partial charge in [-0.3, -0.25) is 9.98 Å². The van der Waals surface area contributed by atoms with Crippen molar-refractivity contribution in [1.29, 1.82) is 0 Å². The molecule has 0 atom stereocenters. The van der Waals surface area contributed by atoms with E-state index in [0.717, 1.165) is 12.3 Å². The van der Waals surface area contributed by atoms with Crippen LogP contribution in [0.4, 0.5) is 0 Å². The van der Waals surface area contributed by atoms with E-state index in [2.05, 4.69) is 9.98 Å². The van der Waals surface area contributed by atoms with Crippen molar-refractivity contribution in [1.82, 2.24) is 4.98 Å². The third kappa shape index (κ3) is 2.54. The van der Waals surface area contributed by atoms with Crippen LogP contribution in [0.5, 0.6) is 0 Å². The Morgan fingerprint density at radius 1 is 1.46 bits per heavy atom. The molecule has 0 spiro atoms. The molecular formula is C10H13N3. The Kier molecular flexibility index (Phi) is 2.25. The predicted octanol–water partition coefficient (Wildman–Crippen LogP) is 1.14. The molecule has 0 amide bonds. The van der Waals surface area contributed by atoms with E-state index in [0.29, 0.717) is 6.04 Å². The van der Waals surface area contributed by atoms with Gasteiger partial charge in [-0.1, -0.05) is 0 Å². The molecule has 1 saturated carbocycles. The van der Waals surface area contributed by atoms with E-state index in [4.69, 9.17) is 5.73 Å². The third-order valence-electron chi connectivity index (χ3n) is 2.03. The van der Waals surface area contributed by atoms with Crippen molar-refractivity contribution in [3.8, 4) is 0 Å². The zero-order valence-corrected chi connectivity index (χ0v) is 7.48. The second-order valence-corrected chi connectivity index (χ2v) is 3.38. The Morgan fingerprint density at radius 3 is 2.77 bits per heavy atom. The number of hydrogen-bond donors (Lipinski definition) is 1. The molecule has 0 unspecified atom stereocenters. The molecule has 1 aromatic rings. The van der Waals surface area contributed by atoms with Gasteiger partial charge >= 0.3 is 0 Å². The quantitative estimate of drug-likeness (QED) is 0.553. The smallest absolute Gasteiger partial charge is 0.0984 e. The molecule has 0 aliphatic heterocycles. The van der Waals surface area contributed by atoms with Gasteiger partial charge in [0, 0.05) is 18.8 Å². The Hall–Kier alpha value is -1.38. The highest BCUT2D eigenvalue weighted by Gasteiger charge is 2.20. The predicted molar refractivity (Wildman–Crippen MR) is 52.6 cm³/mol. The van der Waals surface area contributed by atoms with Crippen LogP contribution in [-0.4, -0.2) is 16.9 Å². The van der Waals surface area contributed by atoms with Crippen molar-refractivity contribution >= 4 is 5.84 Å². The average Bonchev–Trinajstić information content (AvgIpc) is 2.90. The molecule has 0 aromatic carbocycles. The van der Waals surface area contributed by atoms with Gasteiger partial charge < -0.3 is 5.73 Å². The molecule has 1 heterocycles. The molecule has 0 saturated heterocycles. The van der Waals surface area contributed by atoms with E-state index in [9.17, 15) is 0 Å². The minimum atomic E-state index is 0.516. The summed E-state index contributed by atoms with van der Waals surface area (Å²) < 4.78 is 0. The highest BCUT2D eigenvalue weighted by molar-refractivity contribution is 5.82. The van der Waals surface area contributed by atoms with Crippen LogP contribution < -0.4 is 5.73 Å². The fourth-order valence-electron chi connectivity index (χ4n) is 1.19. The van der Waals surface area contributed by atoms with E-state index < -0.39 is 0 Å². The van der Waals surface area contributed by atoms with Crippen molar-refractivity contribution in [3.63, 3.8) is 0 Å². The van der Waals surface area contributed by atoms with Crippen LogP contribution in [-0.2, 0) is 6.42 Å². The maximum absolute atomic E-state index is 5.78. The molecule has 2 rings (SSSR count). The van der Waals surface area contributed by atoms with E-state index >= 15 is 0 Å². The number of amidine groups is 1. The lowest BCUT2D eigenvalue weighted by Gasteiger charge is -1.99. The van der Waals surface area contributed by atoms with Crippen LogP contribution in [0.3, 0.4) is 0 Å². The molecule has 0 radical (unpaired) electrons. The molecule has 1 aliphatic carbocycles. The summed E-state index contributed by atoms with van der Waals surface area (Å²) in [5.41, 5.74) is 6.95. The van der Waals surface area contributed by atoms with Crippen molar-refractivity contribution in [2.45, 2.75) is 25.3 Å². The number of hydrogen-bond acceptors (Lipinski definition) is 2. The van der Waals surface area contributed by atoms with Crippen LogP contribution in [0.15, 0.2) is 29.5 Å². The van der Waals surface area contributed by atoms with Crippen LogP contribution in [0, 0.1) is 0 Å². The van der Waals surface area contributed by atoms with Crippen LogP contribution in [0.1, 0.15) is 18.4 Å². The normalized spacial score (nSPS) is 17.4. The number of aromatic nitrogens is 1. The van der Waals surface area contributed by atoms with Crippen LogP contribution >= 0.6 is 0 Å². The SMILES string of the molecule is NC(Cc1ccncc1)=NC1CC1.